The summed E-state index contributed by atoms with van der Waals surface area (Å²) in [5.41, 5.74) is 5.03. The molecule has 0 fully saturated rings. The molecule has 4 rings (SSSR count). The van der Waals surface area contributed by atoms with Crippen LogP contribution >= 0.6 is 0 Å². The van der Waals surface area contributed by atoms with Crippen molar-refractivity contribution in [3.63, 3.8) is 0 Å². The Morgan fingerprint density at radius 2 is 1.70 bits per heavy atom. The van der Waals surface area contributed by atoms with Crippen LogP contribution in [0.2, 0.25) is 0 Å². The maximum absolute atomic E-state index is 14.1. The average Bonchev–Trinajstić information content (AvgIpc) is 3.13. The van der Waals surface area contributed by atoms with Gasteiger partial charge in [-0.05, 0) is 72.9 Å². The summed E-state index contributed by atoms with van der Waals surface area (Å²) in [5, 5.41) is 22.7. The van der Waals surface area contributed by atoms with Gasteiger partial charge >= 0.3 is 5.97 Å². The van der Waals surface area contributed by atoms with Crippen LogP contribution in [0.3, 0.4) is 0 Å². The molecule has 0 bridgehead atoms. The van der Waals surface area contributed by atoms with Crippen molar-refractivity contribution in [3.8, 4) is 16.9 Å². The van der Waals surface area contributed by atoms with Gasteiger partial charge in [-0.15, -0.1) is 0 Å². The summed E-state index contributed by atoms with van der Waals surface area (Å²) in [6.45, 7) is 4.23. The van der Waals surface area contributed by atoms with E-state index in [9.17, 15) is 19.1 Å². The van der Waals surface area contributed by atoms with Crippen molar-refractivity contribution in [1.82, 2.24) is 10.3 Å². The fourth-order valence-electron chi connectivity index (χ4n) is 4.06. The Morgan fingerprint density at radius 3 is 2.36 bits per heavy atom. The number of carboxylic acids is 1. The first-order valence-corrected chi connectivity index (χ1v) is 10.5. The van der Waals surface area contributed by atoms with Crippen LogP contribution in [0, 0.1) is 19.7 Å². The third-order valence-corrected chi connectivity index (χ3v) is 5.80. The van der Waals surface area contributed by atoms with E-state index in [-0.39, 0.29) is 23.0 Å². The van der Waals surface area contributed by atoms with E-state index in [1.807, 2.05) is 13.8 Å². The Labute approximate surface area is 189 Å². The Bertz CT molecular complexity index is 1370. The monoisotopic (exact) mass is 446 g/mol. The molecule has 0 unspecified atom stereocenters. The van der Waals surface area contributed by atoms with Crippen LogP contribution in [0.15, 0.2) is 54.6 Å². The van der Waals surface area contributed by atoms with Crippen LogP contribution in [-0.2, 0) is 6.42 Å². The van der Waals surface area contributed by atoms with E-state index in [1.54, 1.807) is 36.4 Å². The van der Waals surface area contributed by atoms with Gasteiger partial charge in [-0.25, -0.2) is 9.18 Å². The second-order valence-electron chi connectivity index (χ2n) is 7.96. The number of hydrogen-bond donors (Lipinski definition) is 4. The van der Waals surface area contributed by atoms with Gasteiger partial charge in [0.15, 0.2) is 0 Å². The minimum atomic E-state index is -1.20. The molecule has 0 aliphatic rings. The Balaban J connectivity index is 1.44. The number of fused-ring (bicyclic) bond motifs is 1. The van der Waals surface area contributed by atoms with E-state index in [0.717, 1.165) is 27.8 Å². The molecular weight excluding hydrogens is 423 g/mol. The molecular formula is C26H23FN2O4. The normalized spacial score (nSPS) is 11.0. The van der Waals surface area contributed by atoms with E-state index >= 15 is 0 Å². The van der Waals surface area contributed by atoms with Gasteiger partial charge in [0.25, 0.3) is 5.91 Å². The van der Waals surface area contributed by atoms with Crippen LogP contribution in [0.25, 0.3) is 22.0 Å². The van der Waals surface area contributed by atoms with E-state index in [1.165, 1.54) is 18.2 Å². The summed E-state index contributed by atoms with van der Waals surface area (Å²) >= 11 is 0. The molecule has 4 aromatic rings. The number of aromatic amines is 1. The number of aromatic carboxylic acids is 1. The predicted octanol–water partition coefficient (Wildman–Crippen LogP) is 4.97. The molecule has 3 aromatic carbocycles. The molecule has 0 saturated carbocycles. The number of aromatic hydroxyl groups is 1. The zero-order valence-electron chi connectivity index (χ0n) is 18.2. The SMILES string of the molecule is Cc1[nH]c2c(F)ccc(C)c2c1CCNC(=O)c1ccc(-c2ccc(C(=O)O)c(O)c2)cc1. The fraction of sp³-hybridized carbons (Fsp3) is 0.154. The van der Waals surface area contributed by atoms with Crippen LogP contribution in [0.1, 0.15) is 37.5 Å². The lowest BCUT2D eigenvalue weighted by Crippen LogP contribution is -2.25. The summed E-state index contributed by atoms with van der Waals surface area (Å²) in [6.07, 6.45) is 0.565. The van der Waals surface area contributed by atoms with Crippen LogP contribution in [0.5, 0.6) is 5.75 Å². The molecule has 1 amide bonds. The molecule has 33 heavy (non-hydrogen) atoms. The molecule has 168 valence electrons. The Morgan fingerprint density at radius 1 is 1.00 bits per heavy atom. The van der Waals surface area contributed by atoms with Gasteiger partial charge in [0, 0.05) is 23.2 Å². The maximum atomic E-state index is 14.1. The first-order valence-electron chi connectivity index (χ1n) is 10.5. The van der Waals surface area contributed by atoms with Gasteiger partial charge in [0.1, 0.15) is 17.1 Å². The number of H-pyrrole nitrogens is 1. The molecule has 0 atom stereocenters. The highest BCUT2D eigenvalue weighted by molar-refractivity contribution is 5.95. The van der Waals surface area contributed by atoms with Crippen LogP contribution in [-0.4, -0.2) is 33.6 Å². The van der Waals surface area contributed by atoms with E-state index in [2.05, 4.69) is 10.3 Å². The minimum absolute atomic E-state index is 0.168. The second-order valence-corrected chi connectivity index (χ2v) is 7.96. The number of nitrogens with one attached hydrogen (secondary N) is 2. The van der Waals surface area contributed by atoms with Gasteiger partial charge in [0.05, 0.1) is 5.52 Å². The Hall–Kier alpha value is -4.13. The molecule has 4 N–H and O–H groups in total. The molecule has 0 radical (unpaired) electrons. The van der Waals surface area contributed by atoms with Crippen molar-refractivity contribution in [1.29, 1.82) is 0 Å². The van der Waals surface area contributed by atoms with Gasteiger partial charge in [-0.3, -0.25) is 4.79 Å². The van der Waals surface area contributed by atoms with Crippen molar-refractivity contribution in [2.45, 2.75) is 20.3 Å². The lowest BCUT2D eigenvalue weighted by molar-refractivity contribution is 0.0693. The standard InChI is InChI=1S/C26H23FN2O4/c1-14-3-10-21(27)24-23(14)19(15(2)29-24)11-12-28-25(31)17-6-4-16(5-7-17)18-8-9-20(26(32)33)22(30)13-18/h3-10,13,29-30H,11-12H2,1-2H3,(H,28,31)(H,32,33). The number of phenols is 1. The van der Waals surface area contributed by atoms with Gasteiger partial charge < -0.3 is 20.5 Å². The maximum Gasteiger partial charge on any atom is 0.339 e. The third-order valence-electron chi connectivity index (χ3n) is 5.80. The predicted molar refractivity (Wildman–Crippen MR) is 124 cm³/mol. The van der Waals surface area contributed by atoms with Crippen molar-refractivity contribution in [3.05, 3.63) is 88.4 Å². The van der Waals surface area contributed by atoms with Crippen molar-refractivity contribution >= 4 is 22.8 Å². The molecule has 1 aromatic heterocycles. The average molecular weight is 446 g/mol. The third kappa shape index (κ3) is 4.30. The summed E-state index contributed by atoms with van der Waals surface area (Å²) in [6, 6.07) is 14.3. The number of carbonyl (C=O) groups excluding carboxylic acids is 1. The number of amides is 1. The molecule has 0 saturated heterocycles. The number of carbonyl (C=O) groups is 2. The highest BCUT2D eigenvalue weighted by Gasteiger charge is 2.15. The second kappa shape index (κ2) is 8.78. The molecule has 6 nitrogen and oxygen atoms in total. The lowest BCUT2D eigenvalue weighted by Gasteiger charge is -2.08. The quantitative estimate of drug-likeness (QED) is 0.336. The number of aromatic nitrogens is 1. The molecule has 0 spiro atoms. The molecule has 0 aliphatic heterocycles. The van der Waals surface area contributed by atoms with Crippen molar-refractivity contribution in [2.75, 3.05) is 6.54 Å². The number of rotatable bonds is 6. The molecule has 1 heterocycles. The first kappa shape index (κ1) is 22.1. The zero-order valence-corrected chi connectivity index (χ0v) is 18.2. The van der Waals surface area contributed by atoms with Gasteiger partial charge in [-0.1, -0.05) is 24.3 Å². The lowest BCUT2D eigenvalue weighted by atomic mass is 10.0. The van der Waals surface area contributed by atoms with E-state index in [4.69, 9.17) is 5.11 Å². The number of halogens is 1. The summed E-state index contributed by atoms with van der Waals surface area (Å²) in [5.74, 6) is -2.04. The number of carboxylic acid groups (broad SMARTS) is 1. The fourth-order valence-corrected chi connectivity index (χ4v) is 4.06. The van der Waals surface area contributed by atoms with Crippen molar-refractivity contribution in [2.24, 2.45) is 0 Å². The zero-order chi connectivity index (χ0) is 23.7. The number of aryl methyl sites for hydroxylation is 2. The van der Waals surface area contributed by atoms with Crippen LogP contribution in [0.4, 0.5) is 4.39 Å². The van der Waals surface area contributed by atoms with E-state index in [0.29, 0.717) is 29.6 Å². The van der Waals surface area contributed by atoms with Crippen LogP contribution < -0.4 is 5.32 Å². The van der Waals surface area contributed by atoms with Gasteiger partial charge in [0.2, 0.25) is 0 Å². The highest BCUT2D eigenvalue weighted by Crippen LogP contribution is 2.28. The highest BCUT2D eigenvalue weighted by atomic mass is 19.1. The molecule has 7 heteroatoms. The summed E-state index contributed by atoms with van der Waals surface area (Å²) in [7, 11) is 0. The van der Waals surface area contributed by atoms with Crippen molar-refractivity contribution < 1.29 is 24.2 Å². The number of benzene rings is 3. The first-order chi connectivity index (χ1) is 15.8. The Kier molecular flexibility index (Phi) is 5.87. The van der Waals surface area contributed by atoms with Gasteiger partial charge in [-0.2, -0.15) is 0 Å². The smallest absolute Gasteiger partial charge is 0.339 e. The molecule has 0 aliphatic carbocycles. The largest absolute Gasteiger partial charge is 0.507 e. The van der Waals surface area contributed by atoms with E-state index < -0.39 is 5.97 Å². The summed E-state index contributed by atoms with van der Waals surface area (Å²) < 4.78 is 14.1. The topological polar surface area (TPSA) is 102 Å². The minimum Gasteiger partial charge on any atom is -0.507 e. The summed E-state index contributed by atoms with van der Waals surface area (Å²) in [4.78, 5) is 26.7. The number of hydrogen-bond acceptors (Lipinski definition) is 3.